The summed E-state index contributed by atoms with van der Waals surface area (Å²) in [6.07, 6.45) is -4.38. The Kier molecular flexibility index (Phi) is 6.08. The second-order valence-corrected chi connectivity index (χ2v) is 7.34. The van der Waals surface area contributed by atoms with Gasteiger partial charge in [-0.15, -0.1) is 0 Å². The van der Waals surface area contributed by atoms with Gasteiger partial charge in [-0.25, -0.2) is 0 Å². The molecule has 30 heavy (non-hydrogen) atoms. The molecule has 0 bridgehead atoms. The van der Waals surface area contributed by atoms with Crippen LogP contribution in [0.15, 0.2) is 28.7 Å². The molecule has 1 N–H and O–H groups in total. The number of carbonyl (C=O) groups is 1. The number of hydrogen-bond acceptors (Lipinski definition) is 5. The van der Waals surface area contributed by atoms with Gasteiger partial charge in [0.05, 0.1) is 11.6 Å². The monoisotopic (exact) mass is 420 g/mol. The zero-order chi connectivity index (χ0) is 22.1. The molecule has 2 aromatic rings. The fraction of sp³-hybridized carbons (Fsp3) is 0.429. The Hall–Kier alpha value is -2.99. The molecule has 1 saturated heterocycles. The normalized spacial score (nSPS) is 16.2. The molecule has 1 aliphatic heterocycles. The number of rotatable bonds is 4. The second kappa shape index (κ2) is 8.40. The summed E-state index contributed by atoms with van der Waals surface area (Å²) in [6.45, 7) is 7.27. The third-order valence-corrected chi connectivity index (χ3v) is 5.51. The van der Waals surface area contributed by atoms with Gasteiger partial charge in [0.15, 0.2) is 0 Å². The maximum absolute atomic E-state index is 13.0. The van der Waals surface area contributed by atoms with Crippen LogP contribution in [0.25, 0.3) is 0 Å². The molecule has 1 atom stereocenters. The van der Waals surface area contributed by atoms with E-state index in [1.807, 2.05) is 15.9 Å². The predicted molar refractivity (Wildman–Crippen MR) is 106 cm³/mol. The zero-order valence-electron chi connectivity index (χ0n) is 17.0. The van der Waals surface area contributed by atoms with E-state index in [0.717, 1.165) is 12.1 Å². The highest BCUT2D eigenvalue weighted by Gasteiger charge is 2.32. The van der Waals surface area contributed by atoms with Crippen molar-refractivity contribution in [1.29, 1.82) is 5.26 Å². The van der Waals surface area contributed by atoms with Crippen molar-refractivity contribution in [2.45, 2.75) is 33.0 Å². The third kappa shape index (κ3) is 4.44. The van der Waals surface area contributed by atoms with Crippen LogP contribution in [0.2, 0.25) is 0 Å². The first-order chi connectivity index (χ1) is 14.1. The van der Waals surface area contributed by atoms with Crippen LogP contribution in [0.3, 0.4) is 0 Å². The Bertz CT molecular complexity index is 970. The molecule has 1 fully saturated rings. The first-order valence-electron chi connectivity index (χ1n) is 9.59. The average molecular weight is 420 g/mol. The van der Waals surface area contributed by atoms with Gasteiger partial charge in [-0.2, -0.15) is 18.4 Å². The van der Waals surface area contributed by atoms with Gasteiger partial charge < -0.3 is 9.32 Å². The van der Waals surface area contributed by atoms with Crippen molar-refractivity contribution in [1.82, 2.24) is 4.90 Å². The molecule has 9 heteroatoms. The van der Waals surface area contributed by atoms with Crippen LogP contribution in [0.5, 0.6) is 0 Å². The molecule has 0 saturated carbocycles. The standard InChI is InChI=1S/C21H23F3N4O2/c1-13-15(3)30-20(18(13)12-25)26-19(29)14(2)27-7-9-28(10-8-27)17-6-4-5-16(11-17)21(22,23)24/h4-6,11,14H,7-10H2,1-3H3,(H,26,29). The molecule has 1 aromatic heterocycles. The Morgan fingerprint density at radius 3 is 2.50 bits per heavy atom. The van der Waals surface area contributed by atoms with Gasteiger partial charge in [0.1, 0.15) is 17.4 Å². The molecule has 1 aromatic carbocycles. The van der Waals surface area contributed by atoms with Gasteiger partial charge in [-0.3, -0.25) is 15.0 Å². The summed E-state index contributed by atoms with van der Waals surface area (Å²) in [7, 11) is 0. The van der Waals surface area contributed by atoms with E-state index in [-0.39, 0.29) is 11.8 Å². The zero-order valence-corrected chi connectivity index (χ0v) is 17.0. The molecule has 0 spiro atoms. The Morgan fingerprint density at radius 2 is 1.90 bits per heavy atom. The fourth-order valence-electron chi connectivity index (χ4n) is 3.48. The minimum absolute atomic E-state index is 0.145. The minimum Gasteiger partial charge on any atom is -0.444 e. The molecular weight excluding hydrogens is 397 g/mol. The second-order valence-electron chi connectivity index (χ2n) is 7.34. The van der Waals surface area contributed by atoms with E-state index in [0.29, 0.717) is 48.8 Å². The van der Waals surface area contributed by atoms with Gasteiger partial charge in [0.2, 0.25) is 11.8 Å². The Labute approximate surface area is 172 Å². The van der Waals surface area contributed by atoms with Crippen LogP contribution < -0.4 is 10.2 Å². The van der Waals surface area contributed by atoms with Crippen LogP contribution >= 0.6 is 0 Å². The van der Waals surface area contributed by atoms with Crippen molar-refractivity contribution >= 4 is 17.5 Å². The molecule has 1 unspecified atom stereocenters. The number of aryl methyl sites for hydroxylation is 1. The van der Waals surface area contributed by atoms with E-state index >= 15 is 0 Å². The number of anilines is 2. The molecule has 1 aliphatic rings. The van der Waals surface area contributed by atoms with E-state index < -0.39 is 17.8 Å². The number of hydrogen-bond donors (Lipinski definition) is 1. The number of furan rings is 1. The summed E-state index contributed by atoms with van der Waals surface area (Å²) < 4.78 is 44.3. The van der Waals surface area contributed by atoms with E-state index in [4.69, 9.17) is 4.42 Å². The van der Waals surface area contributed by atoms with E-state index in [9.17, 15) is 23.2 Å². The molecular formula is C21H23F3N4O2. The average Bonchev–Trinajstić information content (AvgIpc) is 2.99. The lowest BCUT2D eigenvalue weighted by Crippen LogP contribution is -2.52. The number of halogens is 3. The number of nitrogens with zero attached hydrogens (tertiary/aromatic N) is 3. The largest absolute Gasteiger partial charge is 0.444 e. The maximum atomic E-state index is 13.0. The fourth-order valence-corrected chi connectivity index (χ4v) is 3.48. The first-order valence-corrected chi connectivity index (χ1v) is 9.59. The topological polar surface area (TPSA) is 72.5 Å². The van der Waals surface area contributed by atoms with Gasteiger partial charge in [-0.1, -0.05) is 6.07 Å². The van der Waals surface area contributed by atoms with Gasteiger partial charge in [0.25, 0.3) is 0 Å². The summed E-state index contributed by atoms with van der Waals surface area (Å²) >= 11 is 0. The van der Waals surface area contributed by atoms with Gasteiger partial charge >= 0.3 is 6.18 Å². The smallest absolute Gasteiger partial charge is 0.416 e. The van der Waals surface area contributed by atoms with Gasteiger partial charge in [0, 0.05) is 37.4 Å². The number of piperazine rings is 1. The molecule has 2 heterocycles. The highest BCUT2D eigenvalue weighted by atomic mass is 19.4. The van der Waals surface area contributed by atoms with Crippen LogP contribution in [0.4, 0.5) is 24.7 Å². The van der Waals surface area contributed by atoms with Crippen LogP contribution in [-0.4, -0.2) is 43.0 Å². The molecule has 6 nitrogen and oxygen atoms in total. The number of benzene rings is 1. The number of alkyl halides is 3. The third-order valence-electron chi connectivity index (χ3n) is 5.51. The minimum atomic E-state index is -4.38. The van der Waals surface area contributed by atoms with E-state index in [1.165, 1.54) is 6.07 Å². The first kappa shape index (κ1) is 21.7. The Morgan fingerprint density at radius 1 is 1.23 bits per heavy atom. The number of nitrogens with one attached hydrogen (secondary N) is 1. The highest BCUT2D eigenvalue weighted by molar-refractivity contribution is 5.94. The van der Waals surface area contributed by atoms with Crippen molar-refractivity contribution < 1.29 is 22.4 Å². The predicted octanol–water partition coefficient (Wildman–Crippen LogP) is 3.94. The number of nitriles is 1. The summed E-state index contributed by atoms with van der Waals surface area (Å²) in [5.74, 6) is 0.420. The van der Waals surface area contributed by atoms with Crippen LogP contribution in [-0.2, 0) is 11.0 Å². The summed E-state index contributed by atoms with van der Waals surface area (Å²) in [6, 6.07) is 6.83. The van der Waals surface area contributed by atoms with Crippen molar-refractivity contribution in [3.05, 3.63) is 46.7 Å². The number of carbonyl (C=O) groups excluding carboxylic acids is 1. The van der Waals surface area contributed by atoms with Crippen molar-refractivity contribution in [2.75, 3.05) is 36.4 Å². The van der Waals surface area contributed by atoms with Crippen molar-refractivity contribution in [2.24, 2.45) is 0 Å². The summed E-state index contributed by atoms with van der Waals surface area (Å²) in [5, 5.41) is 12.0. The SMILES string of the molecule is Cc1oc(NC(=O)C(C)N2CCN(c3cccc(C(F)(F)F)c3)CC2)c(C#N)c1C. The molecule has 3 rings (SSSR count). The van der Waals surface area contributed by atoms with Crippen molar-refractivity contribution in [3.63, 3.8) is 0 Å². The lowest BCUT2D eigenvalue weighted by Gasteiger charge is -2.38. The summed E-state index contributed by atoms with van der Waals surface area (Å²) in [5.41, 5.74) is 0.840. The lowest BCUT2D eigenvalue weighted by molar-refractivity contribution is -0.137. The van der Waals surface area contributed by atoms with Crippen LogP contribution in [0.1, 0.15) is 29.4 Å². The summed E-state index contributed by atoms with van der Waals surface area (Å²) in [4.78, 5) is 16.5. The molecule has 160 valence electrons. The maximum Gasteiger partial charge on any atom is 0.416 e. The molecule has 0 radical (unpaired) electrons. The molecule has 0 aliphatic carbocycles. The van der Waals surface area contributed by atoms with E-state index in [2.05, 4.69) is 5.32 Å². The van der Waals surface area contributed by atoms with E-state index in [1.54, 1.807) is 26.8 Å². The Balaban J connectivity index is 1.62. The van der Waals surface area contributed by atoms with Gasteiger partial charge in [-0.05, 0) is 39.0 Å². The lowest BCUT2D eigenvalue weighted by atomic mass is 10.1. The van der Waals surface area contributed by atoms with Crippen molar-refractivity contribution in [3.8, 4) is 6.07 Å². The number of amides is 1. The molecule has 1 amide bonds. The quantitative estimate of drug-likeness (QED) is 0.811. The van der Waals surface area contributed by atoms with Crippen LogP contribution in [0, 0.1) is 25.2 Å². The highest BCUT2D eigenvalue weighted by Crippen LogP contribution is 2.32.